The van der Waals surface area contributed by atoms with Crippen molar-refractivity contribution in [2.75, 3.05) is 0 Å². The van der Waals surface area contributed by atoms with E-state index in [1.807, 2.05) is 12.1 Å². The second kappa shape index (κ2) is 6.40. The first-order chi connectivity index (χ1) is 14.9. The summed E-state index contributed by atoms with van der Waals surface area (Å²) in [6.45, 7) is 0.349. The lowest BCUT2D eigenvalue weighted by Crippen LogP contribution is -2.57. The van der Waals surface area contributed by atoms with E-state index in [1.54, 1.807) is 4.90 Å². The summed E-state index contributed by atoms with van der Waals surface area (Å²) in [7, 11) is 0. The molecule has 1 saturated heterocycles. The summed E-state index contributed by atoms with van der Waals surface area (Å²) < 4.78 is 0. The van der Waals surface area contributed by atoms with Gasteiger partial charge in [-0.15, -0.1) is 0 Å². The Morgan fingerprint density at radius 3 is 2.52 bits per heavy atom. The molecular weight excluding hydrogens is 394 g/mol. The fraction of sp³-hybridized carbons (Fsp3) is 0.583. The van der Waals surface area contributed by atoms with Crippen LogP contribution in [0.25, 0.3) is 0 Å². The third-order valence-corrected chi connectivity index (χ3v) is 8.76. The maximum atomic E-state index is 13.2. The van der Waals surface area contributed by atoms with Crippen LogP contribution < -0.4 is 11.1 Å². The van der Waals surface area contributed by atoms with E-state index in [0.717, 1.165) is 36.8 Å². The summed E-state index contributed by atoms with van der Waals surface area (Å²) in [6, 6.07) is 5.16. The van der Waals surface area contributed by atoms with Crippen LogP contribution in [0.5, 0.6) is 0 Å². The molecule has 4 atom stereocenters. The molecule has 4 bridgehead atoms. The molecule has 4 saturated carbocycles. The van der Waals surface area contributed by atoms with Crippen LogP contribution in [0.1, 0.15) is 72.3 Å². The molecule has 0 aromatic heterocycles. The molecule has 3 N–H and O–H groups in total. The summed E-state index contributed by atoms with van der Waals surface area (Å²) in [5, 5.41) is 2.36. The van der Waals surface area contributed by atoms with Crippen LogP contribution in [-0.4, -0.2) is 34.6 Å². The summed E-state index contributed by atoms with van der Waals surface area (Å²) in [5.74, 6) is 0.584. The summed E-state index contributed by atoms with van der Waals surface area (Å²) in [6.07, 6.45) is 5.77. The molecule has 0 radical (unpaired) electrons. The monoisotopic (exact) mass is 421 g/mol. The Balaban J connectivity index is 1.39. The van der Waals surface area contributed by atoms with Gasteiger partial charge in [0.25, 0.3) is 5.91 Å². The van der Waals surface area contributed by atoms with Crippen molar-refractivity contribution in [3.05, 3.63) is 34.9 Å². The van der Waals surface area contributed by atoms with E-state index >= 15 is 0 Å². The number of rotatable bonds is 3. The summed E-state index contributed by atoms with van der Waals surface area (Å²) in [5.41, 5.74) is 8.18. The Morgan fingerprint density at radius 1 is 1.10 bits per heavy atom. The maximum absolute atomic E-state index is 13.2. The Morgan fingerprint density at radius 2 is 1.84 bits per heavy atom. The van der Waals surface area contributed by atoms with E-state index in [-0.39, 0.29) is 30.1 Å². The number of nitrogens with one attached hydrogen (secondary N) is 1. The Bertz CT molecular complexity index is 1020. The lowest BCUT2D eigenvalue weighted by atomic mass is 9.43. The molecule has 0 spiro atoms. The van der Waals surface area contributed by atoms with Gasteiger partial charge in [0, 0.05) is 24.4 Å². The van der Waals surface area contributed by atoms with Gasteiger partial charge in [0.05, 0.1) is 5.41 Å². The van der Waals surface area contributed by atoms with Gasteiger partial charge < -0.3 is 10.6 Å². The van der Waals surface area contributed by atoms with Crippen LogP contribution in [0, 0.1) is 23.2 Å². The molecule has 4 aliphatic carbocycles. The summed E-state index contributed by atoms with van der Waals surface area (Å²) in [4.78, 5) is 51.7. The number of imide groups is 1. The van der Waals surface area contributed by atoms with Crippen LogP contribution in [0.15, 0.2) is 18.2 Å². The van der Waals surface area contributed by atoms with Crippen molar-refractivity contribution in [1.29, 1.82) is 0 Å². The van der Waals surface area contributed by atoms with Gasteiger partial charge in [0.1, 0.15) is 6.04 Å². The van der Waals surface area contributed by atoms with Gasteiger partial charge in [0.2, 0.25) is 17.7 Å². The smallest absolute Gasteiger partial charge is 0.255 e. The largest absolute Gasteiger partial charge is 0.369 e. The molecule has 6 aliphatic rings. The molecule has 4 unspecified atom stereocenters. The molecule has 7 heteroatoms. The molecule has 2 aliphatic heterocycles. The van der Waals surface area contributed by atoms with Crippen molar-refractivity contribution in [2.45, 2.75) is 63.5 Å². The van der Waals surface area contributed by atoms with Gasteiger partial charge in [-0.1, -0.05) is 12.1 Å². The molecule has 5 fully saturated rings. The number of hydrogen-bond donors (Lipinski definition) is 2. The molecule has 4 amide bonds. The van der Waals surface area contributed by atoms with Crippen molar-refractivity contribution in [3.8, 4) is 0 Å². The van der Waals surface area contributed by atoms with Crippen LogP contribution in [0.4, 0.5) is 0 Å². The number of carbonyl (C=O) groups is 4. The Labute approximate surface area is 180 Å². The van der Waals surface area contributed by atoms with E-state index in [1.165, 1.54) is 6.42 Å². The van der Waals surface area contributed by atoms with E-state index in [4.69, 9.17) is 5.73 Å². The van der Waals surface area contributed by atoms with E-state index in [9.17, 15) is 19.2 Å². The Kier molecular flexibility index (Phi) is 3.93. The maximum Gasteiger partial charge on any atom is 0.255 e. The van der Waals surface area contributed by atoms with Gasteiger partial charge in [-0.2, -0.15) is 0 Å². The Hall–Kier alpha value is -2.70. The standard InChI is InChI=1S/C24H27N3O4/c25-23(31)24-9-12-6-13(10-24)8-14(7-12)20(24)15-2-1-3-16-17(15)11-27(22(16)30)18-4-5-19(28)26-21(18)29/h1-3,12-14,18,20H,4-11H2,(H2,25,31)(H,26,28,29). The number of amides is 4. The van der Waals surface area contributed by atoms with Crippen molar-refractivity contribution in [2.24, 2.45) is 28.9 Å². The SMILES string of the molecule is NC(=O)C12CC3CC(CC(C3)C1c1cccc3c1CN(C1CCC(=O)NC1=O)C3=O)C2. The fourth-order valence-corrected chi connectivity index (χ4v) is 7.85. The van der Waals surface area contributed by atoms with Crippen LogP contribution in [-0.2, 0) is 20.9 Å². The number of primary amides is 1. The van der Waals surface area contributed by atoms with Gasteiger partial charge in [-0.3, -0.25) is 24.5 Å². The predicted molar refractivity (Wildman–Crippen MR) is 110 cm³/mol. The lowest BCUT2D eigenvalue weighted by molar-refractivity contribution is -0.147. The molecule has 31 heavy (non-hydrogen) atoms. The number of piperidine rings is 1. The number of hydrogen-bond acceptors (Lipinski definition) is 4. The molecular formula is C24H27N3O4. The van der Waals surface area contributed by atoms with E-state index in [0.29, 0.717) is 36.3 Å². The molecule has 7 rings (SSSR count). The highest BCUT2D eigenvalue weighted by molar-refractivity contribution is 6.05. The number of nitrogens with zero attached hydrogens (tertiary/aromatic N) is 1. The summed E-state index contributed by atoms with van der Waals surface area (Å²) >= 11 is 0. The zero-order chi connectivity index (χ0) is 21.5. The molecule has 7 nitrogen and oxygen atoms in total. The average Bonchev–Trinajstić information content (AvgIpc) is 3.04. The van der Waals surface area contributed by atoms with Crippen molar-refractivity contribution in [3.63, 3.8) is 0 Å². The second-order valence-corrected chi connectivity index (χ2v) is 10.4. The van der Waals surface area contributed by atoms with Crippen LogP contribution in [0.3, 0.4) is 0 Å². The van der Waals surface area contributed by atoms with Gasteiger partial charge in [-0.25, -0.2) is 0 Å². The highest BCUT2D eigenvalue weighted by atomic mass is 16.2. The highest BCUT2D eigenvalue weighted by Crippen LogP contribution is 2.66. The highest BCUT2D eigenvalue weighted by Gasteiger charge is 2.61. The minimum atomic E-state index is -0.631. The van der Waals surface area contributed by atoms with Gasteiger partial charge in [0.15, 0.2) is 0 Å². The topological polar surface area (TPSA) is 110 Å². The molecule has 2 heterocycles. The third kappa shape index (κ3) is 2.58. The zero-order valence-electron chi connectivity index (χ0n) is 17.4. The minimum absolute atomic E-state index is 0.0438. The number of fused-ring (bicyclic) bond motifs is 1. The molecule has 1 aromatic rings. The fourth-order valence-electron chi connectivity index (χ4n) is 7.85. The zero-order valence-corrected chi connectivity index (χ0v) is 17.4. The normalized spacial score (nSPS) is 38.4. The van der Waals surface area contributed by atoms with Crippen molar-refractivity contribution >= 4 is 23.6 Å². The second-order valence-electron chi connectivity index (χ2n) is 10.4. The van der Waals surface area contributed by atoms with Crippen molar-refractivity contribution in [1.82, 2.24) is 10.2 Å². The first kappa shape index (κ1) is 19.0. The number of benzene rings is 1. The predicted octanol–water partition coefficient (Wildman–Crippen LogP) is 1.84. The first-order valence-corrected chi connectivity index (χ1v) is 11.4. The molecule has 162 valence electrons. The minimum Gasteiger partial charge on any atom is -0.369 e. The van der Waals surface area contributed by atoms with Gasteiger partial charge in [-0.05, 0) is 73.5 Å². The van der Waals surface area contributed by atoms with Crippen LogP contribution >= 0.6 is 0 Å². The number of nitrogens with two attached hydrogens (primary N) is 1. The first-order valence-electron chi connectivity index (χ1n) is 11.4. The number of carbonyl (C=O) groups excluding carboxylic acids is 4. The quantitative estimate of drug-likeness (QED) is 0.726. The van der Waals surface area contributed by atoms with Gasteiger partial charge >= 0.3 is 0 Å². The van der Waals surface area contributed by atoms with E-state index < -0.39 is 17.4 Å². The van der Waals surface area contributed by atoms with Crippen LogP contribution in [0.2, 0.25) is 0 Å². The van der Waals surface area contributed by atoms with Crippen molar-refractivity contribution < 1.29 is 19.2 Å². The van der Waals surface area contributed by atoms with E-state index in [2.05, 4.69) is 11.4 Å². The average molecular weight is 421 g/mol. The lowest BCUT2D eigenvalue weighted by Gasteiger charge is -2.60. The third-order valence-electron chi connectivity index (χ3n) is 8.76. The molecule has 1 aromatic carbocycles.